The number of aliphatic carboxylic acids is 1. The van der Waals surface area contributed by atoms with Crippen LogP contribution in [0.1, 0.15) is 45.4 Å². The van der Waals surface area contributed by atoms with E-state index in [-0.39, 0.29) is 18.1 Å². The van der Waals surface area contributed by atoms with Gasteiger partial charge in [-0.25, -0.2) is 4.79 Å². The third-order valence-electron chi connectivity index (χ3n) is 4.15. The summed E-state index contributed by atoms with van der Waals surface area (Å²) in [6, 6.07) is 0. The monoisotopic (exact) mass is 301 g/mol. The Labute approximate surface area is 123 Å². The van der Waals surface area contributed by atoms with Crippen molar-refractivity contribution in [3.63, 3.8) is 0 Å². The quantitative estimate of drug-likeness (QED) is 0.810. The van der Waals surface area contributed by atoms with Crippen molar-refractivity contribution in [3.05, 3.63) is 0 Å². The highest BCUT2D eigenvalue weighted by molar-refractivity contribution is 7.99. The van der Waals surface area contributed by atoms with Gasteiger partial charge in [0.25, 0.3) is 0 Å². The van der Waals surface area contributed by atoms with Gasteiger partial charge in [0.2, 0.25) is 5.91 Å². The molecule has 2 unspecified atom stereocenters. The topological polar surface area (TPSA) is 75.6 Å². The molecule has 2 heterocycles. The lowest BCUT2D eigenvalue weighted by atomic mass is 9.92. The first-order chi connectivity index (χ1) is 9.52. The van der Waals surface area contributed by atoms with E-state index in [4.69, 9.17) is 4.74 Å². The highest BCUT2D eigenvalue weighted by Gasteiger charge is 2.41. The molecule has 2 saturated heterocycles. The lowest BCUT2D eigenvalue weighted by Gasteiger charge is -2.33. The molecule has 0 bridgehead atoms. The number of hydrogen-bond acceptors (Lipinski definition) is 4. The van der Waals surface area contributed by atoms with E-state index in [1.807, 2.05) is 6.92 Å². The minimum absolute atomic E-state index is 0.151. The molecule has 0 aromatic rings. The summed E-state index contributed by atoms with van der Waals surface area (Å²) in [7, 11) is 0. The van der Waals surface area contributed by atoms with Crippen molar-refractivity contribution in [1.82, 2.24) is 5.32 Å². The molecule has 2 N–H and O–H groups in total. The fourth-order valence-corrected chi connectivity index (χ4v) is 4.02. The van der Waals surface area contributed by atoms with Gasteiger partial charge < -0.3 is 15.2 Å². The van der Waals surface area contributed by atoms with Crippen LogP contribution in [0.5, 0.6) is 0 Å². The van der Waals surface area contributed by atoms with Gasteiger partial charge in [-0.3, -0.25) is 4.79 Å². The van der Waals surface area contributed by atoms with Crippen LogP contribution in [-0.4, -0.2) is 46.2 Å². The van der Waals surface area contributed by atoms with Gasteiger partial charge >= 0.3 is 5.97 Å². The number of amides is 1. The van der Waals surface area contributed by atoms with Crippen molar-refractivity contribution < 1.29 is 19.4 Å². The number of carboxylic acids is 1. The summed E-state index contributed by atoms with van der Waals surface area (Å²) in [6.45, 7) is 2.04. The van der Waals surface area contributed by atoms with Crippen LogP contribution in [0.15, 0.2) is 0 Å². The maximum Gasteiger partial charge on any atom is 0.329 e. The number of ether oxygens (including phenoxy) is 1. The van der Waals surface area contributed by atoms with Gasteiger partial charge in [0, 0.05) is 6.42 Å². The zero-order chi connectivity index (χ0) is 14.6. The van der Waals surface area contributed by atoms with Crippen LogP contribution in [0.4, 0.5) is 0 Å². The van der Waals surface area contributed by atoms with Crippen molar-refractivity contribution in [2.75, 3.05) is 11.5 Å². The van der Waals surface area contributed by atoms with Crippen molar-refractivity contribution in [2.45, 2.75) is 63.2 Å². The predicted molar refractivity (Wildman–Crippen MR) is 77.9 cm³/mol. The summed E-state index contributed by atoms with van der Waals surface area (Å²) in [5, 5.41) is 12.2. The Kier molecular flexibility index (Phi) is 5.32. The summed E-state index contributed by atoms with van der Waals surface area (Å²) in [5.41, 5.74) is -1.05. The first-order valence-electron chi connectivity index (χ1n) is 7.29. The van der Waals surface area contributed by atoms with Gasteiger partial charge in [0.15, 0.2) is 0 Å². The number of carbonyl (C=O) groups excluding carboxylic acids is 1. The first-order valence-corrected chi connectivity index (χ1v) is 8.45. The normalized spacial score (nSPS) is 29.1. The van der Waals surface area contributed by atoms with Crippen molar-refractivity contribution in [3.8, 4) is 0 Å². The van der Waals surface area contributed by atoms with Crippen molar-refractivity contribution in [1.29, 1.82) is 0 Å². The fraction of sp³-hybridized carbons (Fsp3) is 0.857. The Morgan fingerprint density at radius 2 is 2.05 bits per heavy atom. The zero-order valence-corrected chi connectivity index (χ0v) is 12.7. The maximum absolute atomic E-state index is 12.0. The van der Waals surface area contributed by atoms with Crippen molar-refractivity contribution in [2.24, 2.45) is 0 Å². The summed E-state index contributed by atoms with van der Waals surface area (Å²) in [5.74, 6) is 0.505. The summed E-state index contributed by atoms with van der Waals surface area (Å²) in [4.78, 5) is 23.5. The van der Waals surface area contributed by atoms with E-state index in [9.17, 15) is 14.7 Å². The fourth-order valence-electron chi connectivity index (χ4n) is 2.83. The lowest BCUT2D eigenvalue weighted by Crippen LogP contribution is -2.56. The number of hydrogen-bond donors (Lipinski definition) is 2. The van der Waals surface area contributed by atoms with E-state index in [1.165, 1.54) is 0 Å². The second-order valence-corrected chi connectivity index (χ2v) is 6.96. The SMILES string of the molecule is CC1CCC(CCC(=O)NC2(C(=O)O)CCSCC2)O1. The summed E-state index contributed by atoms with van der Waals surface area (Å²) >= 11 is 1.74. The molecule has 2 atom stereocenters. The Balaban J connectivity index is 1.81. The Bertz CT molecular complexity index is 368. The van der Waals surface area contributed by atoms with Crippen LogP contribution >= 0.6 is 11.8 Å². The van der Waals surface area contributed by atoms with Crippen LogP contribution in [-0.2, 0) is 14.3 Å². The highest BCUT2D eigenvalue weighted by atomic mass is 32.2. The van der Waals surface area contributed by atoms with Crippen LogP contribution in [0.2, 0.25) is 0 Å². The number of nitrogens with one attached hydrogen (secondary N) is 1. The molecule has 0 radical (unpaired) electrons. The number of carboxylic acid groups (broad SMARTS) is 1. The van der Waals surface area contributed by atoms with E-state index < -0.39 is 11.5 Å². The molecule has 0 spiro atoms. The average molecular weight is 301 g/mol. The van der Waals surface area contributed by atoms with Gasteiger partial charge in [0.05, 0.1) is 12.2 Å². The minimum Gasteiger partial charge on any atom is -0.480 e. The molecule has 0 aromatic heterocycles. The predicted octanol–water partition coefficient (Wildman–Crippen LogP) is 1.80. The van der Waals surface area contributed by atoms with E-state index in [2.05, 4.69) is 5.32 Å². The van der Waals surface area contributed by atoms with Crippen LogP contribution < -0.4 is 5.32 Å². The average Bonchev–Trinajstić information content (AvgIpc) is 2.83. The van der Waals surface area contributed by atoms with Crippen LogP contribution in [0, 0.1) is 0 Å². The molecule has 20 heavy (non-hydrogen) atoms. The van der Waals surface area contributed by atoms with Crippen molar-refractivity contribution >= 4 is 23.6 Å². The molecular weight excluding hydrogens is 278 g/mol. The molecule has 0 aliphatic carbocycles. The zero-order valence-electron chi connectivity index (χ0n) is 11.9. The van der Waals surface area contributed by atoms with E-state index >= 15 is 0 Å². The summed E-state index contributed by atoms with van der Waals surface area (Å²) in [6.07, 6.45) is 4.52. The maximum atomic E-state index is 12.0. The molecule has 1 amide bonds. The molecule has 0 aromatic carbocycles. The Morgan fingerprint density at radius 1 is 1.35 bits per heavy atom. The highest BCUT2D eigenvalue weighted by Crippen LogP contribution is 2.28. The van der Waals surface area contributed by atoms with Gasteiger partial charge in [-0.05, 0) is 50.5 Å². The number of thioether (sulfide) groups is 1. The van der Waals surface area contributed by atoms with E-state index in [0.717, 1.165) is 24.3 Å². The standard InChI is InChI=1S/C14H23NO4S/c1-10-2-3-11(19-10)4-5-12(16)15-14(13(17)18)6-8-20-9-7-14/h10-11H,2-9H2,1H3,(H,15,16)(H,17,18). The van der Waals surface area contributed by atoms with E-state index in [1.54, 1.807) is 11.8 Å². The lowest BCUT2D eigenvalue weighted by molar-refractivity contribution is -0.148. The number of rotatable bonds is 5. The molecule has 2 rings (SSSR count). The number of carbonyl (C=O) groups is 2. The largest absolute Gasteiger partial charge is 0.480 e. The first kappa shape index (κ1) is 15.6. The molecule has 5 nitrogen and oxygen atoms in total. The van der Waals surface area contributed by atoms with Gasteiger partial charge in [-0.15, -0.1) is 0 Å². The second-order valence-electron chi connectivity index (χ2n) is 5.73. The minimum atomic E-state index is -1.05. The molecule has 2 aliphatic heterocycles. The van der Waals surface area contributed by atoms with Gasteiger partial charge in [0.1, 0.15) is 5.54 Å². The third-order valence-corrected chi connectivity index (χ3v) is 5.13. The van der Waals surface area contributed by atoms with Crippen LogP contribution in [0.3, 0.4) is 0 Å². The molecule has 114 valence electrons. The Morgan fingerprint density at radius 3 is 2.60 bits per heavy atom. The van der Waals surface area contributed by atoms with E-state index in [0.29, 0.717) is 25.7 Å². The smallest absolute Gasteiger partial charge is 0.329 e. The van der Waals surface area contributed by atoms with Crippen LogP contribution in [0.25, 0.3) is 0 Å². The Hall–Kier alpha value is -0.750. The molecular formula is C14H23NO4S. The molecule has 2 aliphatic rings. The van der Waals surface area contributed by atoms with Gasteiger partial charge in [-0.1, -0.05) is 0 Å². The molecule has 2 fully saturated rings. The second kappa shape index (κ2) is 6.80. The third kappa shape index (κ3) is 3.88. The summed E-state index contributed by atoms with van der Waals surface area (Å²) < 4.78 is 5.67. The molecule has 0 saturated carbocycles. The van der Waals surface area contributed by atoms with Gasteiger partial charge in [-0.2, -0.15) is 11.8 Å². The molecule has 6 heteroatoms.